The molecule has 1 heterocycles. The van der Waals surface area contributed by atoms with Gasteiger partial charge in [-0.1, -0.05) is 23.5 Å². The van der Waals surface area contributed by atoms with E-state index in [1.165, 1.54) is 32.7 Å². The number of hydrogen-bond acceptors (Lipinski definition) is 9. The molecule has 0 aliphatic rings. The Morgan fingerprint density at radius 1 is 0.939 bits per heavy atom. The summed E-state index contributed by atoms with van der Waals surface area (Å²) >= 11 is 1.52. The number of esters is 1. The summed E-state index contributed by atoms with van der Waals surface area (Å²) in [7, 11) is 4.53. The van der Waals surface area contributed by atoms with Gasteiger partial charge in [0.15, 0.2) is 11.5 Å². The summed E-state index contributed by atoms with van der Waals surface area (Å²) in [4.78, 5) is 17.1. The molecule has 9 heteroatoms. The number of methoxy groups -OCH3 is 3. The van der Waals surface area contributed by atoms with E-state index in [0.717, 1.165) is 15.8 Å². The zero-order valence-electron chi connectivity index (χ0n) is 18.2. The monoisotopic (exact) mass is 463 g/mol. The second-order valence-corrected chi connectivity index (χ2v) is 7.79. The molecule has 0 unspecified atom stereocenters. The molecule has 0 bridgehead atoms. The van der Waals surface area contributed by atoms with Crippen molar-refractivity contribution in [3.63, 3.8) is 0 Å². The standard InChI is InChI=1S/C24H21N3O5S/c1-29-17-11-16(12-18(13-17)30-2)23(28)32-20-9-8-15(10-21(20)31-3)14-25-27-24-26-19-6-4-5-7-22(19)33-24/h4-14H,1-3H3,(H,26,27)/b25-14-. The molecular formula is C24H21N3O5S. The van der Waals surface area contributed by atoms with Crippen LogP contribution in [0, 0.1) is 0 Å². The van der Waals surface area contributed by atoms with Crippen molar-refractivity contribution in [2.45, 2.75) is 0 Å². The molecule has 0 radical (unpaired) electrons. The number of hydrogen-bond donors (Lipinski definition) is 1. The van der Waals surface area contributed by atoms with E-state index in [4.69, 9.17) is 18.9 Å². The van der Waals surface area contributed by atoms with Crippen molar-refractivity contribution >= 4 is 38.9 Å². The first-order chi connectivity index (χ1) is 16.1. The van der Waals surface area contributed by atoms with Crippen molar-refractivity contribution in [2.24, 2.45) is 5.10 Å². The van der Waals surface area contributed by atoms with Crippen LogP contribution in [-0.2, 0) is 0 Å². The van der Waals surface area contributed by atoms with Gasteiger partial charge in [-0.2, -0.15) is 5.10 Å². The van der Waals surface area contributed by atoms with Crippen molar-refractivity contribution in [1.29, 1.82) is 0 Å². The van der Waals surface area contributed by atoms with Crippen molar-refractivity contribution < 1.29 is 23.7 Å². The zero-order valence-corrected chi connectivity index (χ0v) is 19.0. The molecule has 0 amide bonds. The Balaban J connectivity index is 1.47. The van der Waals surface area contributed by atoms with Crippen LogP contribution >= 0.6 is 11.3 Å². The molecule has 4 aromatic rings. The highest BCUT2D eigenvalue weighted by molar-refractivity contribution is 7.22. The number of fused-ring (bicyclic) bond motifs is 1. The van der Waals surface area contributed by atoms with E-state index >= 15 is 0 Å². The molecule has 8 nitrogen and oxygen atoms in total. The molecule has 0 aliphatic carbocycles. The molecule has 0 saturated carbocycles. The highest BCUT2D eigenvalue weighted by Gasteiger charge is 2.15. The molecule has 4 rings (SSSR count). The second kappa shape index (κ2) is 10.0. The number of benzene rings is 3. The van der Waals surface area contributed by atoms with E-state index in [2.05, 4.69) is 15.5 Å². The number of anilines is 1. The average Bonchev–Trinajstić information content (AvgIpc) is 3.27. The summed E-state index contributed by atoms with van der Waals surface area (Å²) in [6.07, 6.45) is 1.63. The number of carbonyl (C=O) groups is 1. The third-order valence-corrected chi connectivity index (χ3v) is 5.59. The highest BCUT2D eigenvalue weighted by Crippen LogP contribution is 2.30. The molecule has 0 aliphatic heterocycles. The maximum Gasteiger partial charge on any atom is 0.343 e. The Hall–Kier alpha value is -4.11. The van der Waals surface area contributed by atoms with Crippen molar-refractivity contribution in [3.05, 3.63) is 71.8 Å². The molecule has 3 aromatic carbocycles. The molecular weight excluding hydrogens is 442 g/mol. The Kier molecular flexibility index (Phi) is 6.70. The molecule has 168 valence electrons. The Bertz CT molecular complexity index is 1260. The Morgan fingerprint density at radius 2 is 1.70 bits per heavy atom. The van der Waals surface area contributed by atoms with Crippen LogP contribution in [0.3, 0.4) is 0 Å². The number of aromatic nitrogens is 1. The topological polar surface area (TPSA) is 91.3 Å². The second-order valence-electron chi connectivity index (χ2n) is 6.76. The summed E-state index contributed by atoms with van der Waals surface area (Å²) in [6, 6.07) is 17.8. The van der Waals surface area contributed by atoms with Crippen LogP contribution in [0.25, 0.3) is 10.2 Å². The van der Waals surface area contributed by atoms with E-state index in [1.807, 2.05) is 24.3 Å². The first kappa shape index (κ1) is 22.1. The Morgan fingerprint density at radius 3 is 2.39 bits per heavy atom. The summed E-state index contributed by atoms with van der Waals surface area (Å²) in [5.74, 6) is 1.08. The highest BCUT2D eigenvalue weighted by atomic mass is 32.1. The lowest BCUT2D eigenvalue weighted by Crippen LogP contribution is -2.10. The largest absolute Gasteiger partial charge is 0.497 e. The van der Waals surface area contributed by atoms with Crippen LogP contribution in [0.4, 0.5) is 5.13 Å². The van der Waals surface area contributed by atoms with Crippen molar-refractivity contribution in [3.8, 4) is 23.0 Å². The van der Waals surface area contributed by atoms with E-state index in [1.54, 1.807) is 42.6 Å². The molecule has 0 fully saturated rings. The lowest BCUT2D eigenvalue weighted by molar-refractivity contribution is 0.0729. The van der Waals surface area contributed by atoms with Crippen LogP contribution in [0.15, 0.2) is 65.8 Å². The number of rotatable bonds is 8. The van der Waals surface area contributed by atoms with Gasteiger partial charge in [-0.15, -0.1) is 0 Å². The molecule has 0 atom stereocenters. The smallest absolute Gasteiger partial charge is 0.343 e. The van der Waals surface area contributed by atoms with Gasteiger partial charge >= 0.3 is 5.97 Å². The van der Waals surface area contributed by atoms with E-state index < -0.39 is 5.97 Å². The fourth-order valence-electron chi connectivity index (χ4n) is 3.01. The quantitative estimate of drug-likeness (QED) is 0.170. The molecule has 1 N–H and O–H groups in total. The van der Waals surface area contributed by atoms with Crippen LogP contribution in [0.1, 0.15) is 15.9 Å². The van der Waals surface area contributed by atoms with Crippen LogP contribution in [0.5, 0.6) is 23.0 Å². The zero-order chi connectivity index (χ0) is 23.2. The van der Waals surface area contributed by atoms with Gasteiger partial charge in [0.2, 0.25) is 5.13 Å². The predicted octanol–water partition coefficient (Wildman–Crippen LogP) is 4.99. The van der Waals surface area contributed by atoms with E-state index in [0.29, 0.717) is 27.9 Å². The van der Waals surface area contributed by atoms with E-state index in [9.17, 15) is 4.79 Å². The van der Waals surface area contributed by atoms with Gasteiger partial charge in [0.1, 0.15) is 11.5 Å². The van der Waals surface area contributed by atoms with Gasteiger partial charge in [0.25, 0.3) is 0 Å². The molecule has 0 spiro atoms. The molecule has 33 heavy (non-hydrogen) atoms. The number of para-hydroxylation sites is 1. The normalized spacial score (nSPS) is 10.9. The average molecular weight is 464 g/mol. The third kappa shape index (κ3) is 5.21. The van der Waals surface area contributed by atoms with Gasteiger partial charge in [-0.25, -0.2) is 9.78 Å². The number of nitrogens with one attached hydrogen (secondary N) is 1. The minimum atomic E-state index is -0.565. The summed E-state index contributed by atoms with van der Waals surface area (Å²) in [5, 5.41) is 4.93. The Labute approximate surface area is 194 Å². The third-order valence-electron chi connectivity index (χ3n) is 4.65. The van der Waals surface area contributed by atoms with Crippen LogP contribution in [0.2, 0.25) is 0 Å². The molecule has 1 aromatic heterocycles. The SMILES string of the molecule is COc1cc(OC)cc(C(=O)Oc2ccc(/C=N\Nc3nc4ccccc4s3)cc2OC)c1. The summed E-state index contributed by atoms with van der Waals surface area (Å²) in [6.45, 7) is 0. The van der Waals surface area contributed by atoms with Gasteiger partial charge < -0.3 is 18.9 Å². The van der Waals surface area contributed by atoms with Gasteiger partial charge in [-0.05, 0) is 48.0 Å². The first-order valence-electron chi connectivity index (χ1n) is 9.87. The maximum atomic E-state index is 12.7. The van der Waals surface area contributed by atoms with Gasteiger partial charge in [-0.3, -0.25) is 5.43 Å². The number of nitrogens with zero attached hydrogens (tertiary/aromatic N) is 2. The first-order valence-corrected chi connectivity index (χ1v) is 10.7. The summed E-state index contributed by atoms with van der Waals surface area (Å²) < 4.78 is 22.4. The lowest BCUT2D eigenvalue weighted by atomic mass is 10.2. The van der Waals surface area contributed by atoms with Crippen molar-refractivity contribution in [2.75, 3.05) is 26.8 Å². The number of hydrazone groups is 1. The van der Waals surface area contributed by atoms with Crippen LogP contribution < -0.4 is 24.4 Å². The fourth-order valence-corrected chi connectivity index (χ4v) is 3.83. The van der Waals surface area contributed by atoms with E-state index in [-0.39, 0.29) is 5.75 Å². The predicted molar refractivity (Wildman–Crippen MR) is 128 cm³/mol. The maximum absolute atomic E-state index is 12.7. The minimum Gasteiger partial charge on any atom is -0.497 e. The minimum absolute atomic E-state index is 0.278. The van der Waals surface area contributed by atoms with Crippen molar-refractivity contribution in [1.82, 2.24) is 4.98 Å². The summed E-state index contributed by atoms with van der Waals surface area (Å²) in [5.41, 5.74) is 4.90. The number of ether oxygens (including phenoxy) is 4. The fraction of sp³-hybridized carbons (Fsp3) is 0.125. The number of thiazole rings is 1. The van der Waals surface area contributed by atoms with Crippen LogP contribution in [-0.4, -0.2) is 38.5 Å². The molecule has 0 saturated heterocycles. The van der Waals surface area contributed by atoms with Gasteiger partial charge in [0.05, 0.1) is 43.3 Å². The number of carbonyl (C=O) groups excluding carboxylic acids is 1. The van der Waals surface area contributed by atoms with Gasteiger partial charge in [0, 0.05) is 6.07 Å². The lowest BCUT2D eigenvalue weighted by Gasteiger charge is -2.11.